The zero-order chi connectivity index (χ0) is 26.1. The Morgan fingerprint density at radius 3 is 2.61 bits per heavy atom. The second kappa shape index (κ2) is 10.3. The van der Waals surface area contributed by atoms with Crippen LogP contribution in [0.1, 0.15) is 41.1 Å². The molecule has 1 aromatic carbocycles. The van der Waals surface area contributed by atoms with Crippen molar-refractivity contribution in [2.24, 2.45) is 0 Å². The number of carbonyl (C=O) groups excluding carboxylic acids is 1. The average molecular weight is 507 g/mol. The second-order valence-electron chi connectivity index (χ2n) is 8.74. The lowest BCUT2D eigenvalue weighted by atomic mass is 10.1. The van der Waals surface area contributed by atoms with Crippen LogP contribution in [0.15, 0.2) is 29.2 Å². The number of fused-ring (bicyclic) bond motifs is 1. The van der Waals surface area contributed by atoms with E-state index < -0.39 is 46.3 Å². The number of hydrogen-bond acceptors (Lipinski definition) is 6. The number of anilines is 1. The highest BCUT2D eigenvalue weighted by molar-refractivity contribution is 5.93. The van der Waals surface area contributed by atoms with Crippen molar-refractivity contribution in [3.63, 3.8) is 0 Å². The fraction of sp³-hybridized carbons (Fsp3) is 0.400. The first-order valence-electron chi connectivity index (χ1n) is 11.6. The number of rotatable bonds is 5. The van der Waals surface area contributed by atoms with Gasteiger partial charge in [0.25, 0.3) is 0 Å². The molecule has 0 aliphatic carbocycles. The third-order valence-corrected chi connectivity index (χ3v) is 6.26. The summed E-state index contributed by atoms with van der Waals surface area (Å²) in [4.78, 5) is 33.5. The zero-order valence-corrected chi connectivity index (χ0v) is 20.2. The van der Waals surface area contributed by atoms with E-state index in [4.69, 9.17) is 4.74 Å². The predicted molar refractivity (Wildman–Crippen MR) is 127 cm³/mol. The van der Waals surface area contributed by atoms with Gasteiger partial charge in [-0.05, 0) is 45.5 Å². The summed E-state index contributed by atoms with van der Waals surface area (Å²) in [5.41, 5.74) is -2.48. The van der Waals surface area contributed by atoms with Gasteiger partial charge in [0.2, 0.25) is 11.7 Å². The lowest BCUT2D eigenvalue weighted by molar-refractivity contribution is 0.0523. The highest BCUT2D eigenvalue weighted by atomic mass is 19.2. The smallest absolute Gasteiger partial charge is 0.343 e. The second-order valence-corrected chi connectivity index (χ2v) is 8.74. The number of ether oxygens (including phenoxy) is 1. The van der Waals surface area contributed by atoms with Crippen LogP contribution in [0, 0.1) is 24.4 Å². The van der Waals surface area contributed by atoms with Crippen LogP contribution in [0.3, 0.4) is 0 Å². The first kappa shape index (κ1) is 25.6. The number of alkyl halides is 1. The number of carbonyl (C=O) groups is 1. The predicted octanol–water partition coefficient (Wildman–Crippen LogP) is 3.96. The maximum absolute atomic E-state index is 15.9. The molecule has 0 bridgehead atoms. The first-order valence-corrected chi connectivity index (χ1v) is 11.6. The summed E-state index contributed by atoms with van der Waals surface area (Å²) in [7, 11) is 1.94. The molecule has 2 aromatic heterocycles. The molecule has 192 valence electrons. The Hall–Kier alpha value is -3.47. The van der Waals surface area contributed by atoms with Crippen LogP contribution in [-0.4, -0.2) is 60.3 Å². The van der Waals surface area contributed by atoms with Crippen molar-refractivity contribution < 1.29 is 27.1 Å². The molecule has 1 fully saturated rings. The summed E-state index contributed by atoms with van der Waals surface area (Å²) in [6.07, 6.45) is -0.795. The number of pyridine rings is 2. The number of halogens is 4. The zero-order valence-electron chi connectivity index (χ0n) is 20.2. The van der Waals surface area contributed by atoms with E-state index in [0.717, 1.165) is 35.9 Å². The highest BCUT2D eigenvalue weighted by Gasteiger charge is 2.27. The van der Waals surface area contributed by atoms with E-state index in [1.165, 1.54) is 19.9 Å². The van der Waals surface area contributed by atoms with Crippen LogP contribution < -0.4 is 10.3 Å². The molecule has 1 saturated heterocycles. The summed E-state index contributed by atoms with van der Waals surface area (Å²) >= 11 is 0. The molecule has 0 saturated carbocycles. The maximum atomic E-state index is 15.9. The molecule has 3 heterocycles. The first-order chi connectivity index (χ1) is 17.1. The number of likely N-dealkylation sites (N-methyl/N-ethyl adjacent to an activating group) is 1. The van der Waals surface area contributed by atoms with Crippen LogP contribution in [0.5, 0.6) is 0 Å². The van der Waals surface area contributed by atoms with Gasteiger partial charge in [0.1, 0.15) is 11.2 Å². The Kier molecular flexibility index (Phi) is 7.30. The number of nitrogens with zero attached hydrogens (tertiary/aromatic N) is 4. The fourth-order valence-corrected chi connectivity index (χ4v) is 4.24. The minimum Gasteiger partial charge on any atom is -0.462 e. The Bertz CT molecular complexity index is 1380. The Morgan fingerprint density at radius 1 is 1.14 bits per heavy atom. The third-order valence-electron chi connectivity index (χ3n) is 6.26. The summed E-state index contributed by atoms with van der Waals surface area (Å²) in [6.45, 7) is 5.12. The van der Waals surface area contributed by atoms with Crippen LogP contribution in [0.25, 0.3) is 11.0 Å². The lowest BCUT2D eigenvalue weighted by Crippen LogP contribution is -2.31. The third kappa shape index (κ3) is 4.67. The molecule has 1 atom stereocenters. The van der Waals surface area contributed by atoms with Gasteiger partial charge >= 0.3 is 5.97 Å². The van der Waals surface area contributed by atoms with Gasteiger partial charge in [0.05, 0.1) is 12.0 Å². The molecule has 7 nitrogen and oxygen atoms in total. The molecule has 0 amide bonds. The molecule has 1 unspecified atom stereocenters. The number of benzene rings is 1. The van der Waals surface area contributed by atoms with Gasteiger partial charge in [-0.3, -0.25) is 9.36 Å². The molecule has 11 heteroatoms. The Morgan fingerprint density at radius 2 is 1.89 bits per heavy atom. The highest BCUT2D eigenvalue weighted by Crippen LogP contribution is 2.30. The van der Waals surface area contributed by atoms with Crippen molar-refractivity contribution in [3.8, 4) is 0 Å². The van der Waals surface area contributed by atoms with Crippen molar-refractivity contribution in [1.82, 2.24) is 14.5 Å². The molecular weight excluding hydrogens is 480 g/mol. The molecule has 1 aliphatic heterocycles. The van der Waals surface area contributed by atoms with Gasteiger partial charge in [0, 0.05) is 31.4 Å². The Labute approximate surface area is 204 Å². The van der Waals surface area contributed by atoms with Crippen molar-refractivity contribution >= 4 is 22.8 Å². The van der Waals surface area contributed by atoms with Crippen molar-refractivity contribution in [2.45, 2.75) is 26.6 Å². The molecule has 0 N–H and O–H groups in total. The van der Waals surface area contributed by atoms with Gasteiger partial charge in [-0.25, -0.2) is 27.3 Å². The van der Waals surface area contributed by atoms with E-state index in [-0.39, 0.29) is 29.0 Å². The van der Waals surface area contributed by atoms with Crippen molar-refractivity contribution in [1.29, 1.82) is 0 Å². The number of hydrogen-bond donors (Lipinski definition) is 0. The van der Waals surface area contributed by atoms with Gasteiger partial charge < -0.3 is 14.5 Å². The molecule has 4 rings (SSSR count). The van der Waals surface area contributed by atoms with E-state index in [2.05, 4.69) is 9.88 Å². The topological polar surface area (TPSA) is 67.7 Å². The van der Waals surface area contributed by atoms with E-state index in [0.29, 0.717) is 19.6 Å². The summed E-state index contributed by atoms with van der Waals surface area (Å²) in [5.74, 6) is -4.61. The van der Waals surface area contributed by atoms with E-state index in [1.54, 1.807) is 4.90 Å². The fourth-order valence-electron chi connectivity index (χ4n) is 4.24. The van der Waals surface area contributed by atoms with E-state index in [1.807, 2.05) is 7.05 Å². The summed E-state index contributed by atoms with van der Waals surface area (Å²) in [6, 6.07) is 3.18. The molecule has 3 aromatic rings. The van der Waals surface area contributed by atoms with Crippen LogP contribution in [-0.2, 0) is 4.74 Å². The molecule has 0 spiro atoms. The molecular formula is C25H26F4N4O3. The SMILES string of the molecule is CCOC(=O)c1cn(C(F)c2ccc(C)c(F)c2F)c2nc(N3CCCN(C)CC3)c(F)cc2c1=O. The van der Waals surface area contributed by atoms with Gasteiger partial charge in [-0.15, -0.1) is 0 Å². The van der Waals surface area contributed by atoms with Crippen LogP contribution in [0.4, 0.5) is 23.4 Å². The van der Waals surface area contributed by atoms with Crippen LogP contribution in [0.2, 0.25) is 0 Å². The minimum absolute atomic E-state index is 0.0194. The molecule has 36 heavy (non-hydrogen) atoms. The quantitative estimate of drug-likeness (QED) is 0.386. The minimum atomic E-state index is -2.38. The van der Waals surface area contributed by atoms with E-state index in [9.17, 15) is 18.4 Å². The molecule has 0 radical (unpaired) electrons. The van der Waals surface area contributed by atoms with Gasteiger partial charge in [-0.2, -0.15) is 0 Å². The van der Waals surface area contributed by atoms with Gasteiger partial charge in [-0.1, -0.05) is 12.1 Å². The van der Waals surface area contributed by atoms with Crippen LogP contribution >= 0.6 is 0 Å². The standard InChI is InChI=1S/C25H26F4N4O3/c1-4-36-25(35)17-13-33(22(29)15-7-6-14(2)19(27)20(15)28)23-16(21(17)34)12-18(26)24(30-23)32-9-5-8-31(3)10-11-32/h6-7,12-13,22H,4-5,8-11H2,1-3H3. The van der Waals surface area contributed by atoms with E-state index >= 15 is 8.78 Å². The van der Waals surface area contributed by atoms with Crippen molar-refractivity contribution in [2.75, 3.05) is 44.7 Å². The lowest BCUT2D eigenvalue weighted by Gasteiger charge is -2.24. The number of esters is 1. The maximum Gasteiger partial charge on any atom is 0.343 e. The normalized spacial score (nSPS) is 15.7. The summed E-state index contributed by atoms with van der Waals surface area (Å²) < 4.78 is 65.7. The number of aromatic nitrogens is 2. The number of aryl methyl sites for hydroxylation is 1. The largest absolute Gasteiger partial charge is 0.462 e. The Balaban J connectivity index is 1.96. The summed E-state index contributed by atoms with van der Waals surface area (Å²) in [5, 5.41) is -0.385. The molecule has 1 aliphatic rings. The monoisotopic (exact) mass is 506 g/mol. The average Bonchev–Trinajstić information content (AvgIpc) is 3.07. The van der Waals surface area contributed by atoms with Crippen molar-refractivity contribution in [3.05, 3.63) is 68.8 Å². The van der Waals surface area contributed by atoms with Gasteiger partial charge in [0.15, 0.2) is 23.3 Å².